The molecule has 0 bridgehead atoms. The first kappa shape index (κ1) is 15.4. The lowest BCUT2D eigenvalue weighted by Gasteiger charge is -2.27. The van der Waals surface area contributed by atoms with Gasteiger partial charge in [0.15, 0.2) is 0 Å². The molecule has 1 amide bonds. The van der Waals surface area contributed by atoms with Crippen molar-refractivity contribution in [3.05, 3.63) is 65.6 Å². The molecule has 0 fully saturated rings. The first-order valence-corrected chi connectivity index (χ1v) is 7.79. The third-order valence-electron chi connectivity index (χ3n) is 4.34. The molecule has 3 aromatic rings. The molecule has 1 aliphatic heterocycles. The molecule has 3 heterocycles. The Balaban J connectivity index is 1.80. The van der Waals surface area contributed by atoms with Crippen LogP contribution < -0.4 is 4.90 Å². The second kappa shape index (κ2) is 5.77. The largest absolute Gasteiger partial charge is 0.307 e. The molecule has 0 saturated carbocycles. The highest BCUT2D eigenvalue weighted by Crippen LogP contribution is 2.32. The molecule has 1 aromatic carbocycles. The first-order chi connectivity index (χ1) is 12.1. The monoisotopic (exact) mass is 340 g/mol. The summed E-state index contributed by atoms with van der Waals surface area (Å²) in [4.78, 5) is 18.5. The van der Waals surface area contributed by atoms with Crippen LogP contribution in [0.3, 0.4) is 0 Å². The lowest BCUT2D eigenvalue weighted by Crippen LogP contribution is -2.38. The molecular formula is C18H14F2N4O. The van der Waals surface area contributed by atoms with E-state index in [0.717, 1.165) is 11.8 Å². The Morgan fingerprint density at radius 2 is 1.88 bits per heavy atom. The topological polar surface area (TPSA) is 51.0 Å². The fraction of sp³-hybridized carbons (Fsp3) is 0.167. The number of carbonyl (C=O) groups excluding carboxylic acids is 1. The number of hydrogen-bond acceptors (Lipinski definition) is 3. The predicted molar refractivity (Wildman–Crippen MR) is 88.2 cm³/mol. The van der Waals surface area contributed by atoms with E-state index in [0.29, 0.717) is 29.9 Å². The maximum absolute atomic E-state index is 14.2. The summed E-state index contributed by atoms with van der Waals surface area (Å²) < 4.78 is 28.8. The smallest absolute Gasteiger partial charge is 0.276 e. The van der Waals surface area contributed by atoms with E-state index in [2.05, 4.69) is 10.1 Å². The maximum atomic E-state index is 14.2. The van der Waals surface area contributed by atoms with Crippen LogP contribution in [0.1, 0.15) is 16.1 Å². The number of amides is 1. The van der Waals surface area contributed by atoms with Crippen molar-refractivity contribution in [3.8, 4) is 11.3 Å². The van der Waals surface area contributed by atoms with Gasteiger partial charge in [-0.3, -0.25) is 14.5 Å². The van der Waals surface area contributed by atoms with Crippen molar-refractivity contribution in [2.24, 2.45) is 7.05 Å². The fourth-order valence-electron chi connectivity index (χ4n) is 3.19. The van der Waals surface area contributed by atoms with Gasteiger partial charge in [-0.2, -0.15) is 5.10 Å². The van der Waals surface area contributed by atoms with Crippen LogP contribution in [-0.4, -0.2) is 27.2 Å². The van der Waals surface area contributed by atoms with Gasteiger partial charge in [0.1, 0.15) is 17.3 Å². The summed E-state index contributed by atoms with van der Waals surface area (Å²) in [5.74, 6) is -1.54. The molecule has 7 heteroatoms. The Bertz CT molecular complexity index is 969. The van der Waals surface area contributed by atoms with Crippen molar-refractivity contribution < 1.29 is 13.6 Å². The molecule has 5 nitrogen and oxygen atoms in total. The lowest BCUT2D eigenvalue weighted by molar-refractivity contribution is 0.0971. The van der Waals surface area contributed by atoms with Crippen LogP contribution in [0.15, 0.2) is 42.7 Å². The number of rotatable bonds is 2. The average molecular weight is 340 g/mol. The zero-order valence-electron chi connectivity index (χ0n) is 13.4. The standard InChI is InChI=1S/C18H14F2N4O/c1-23-17-14(16(22-23)13-3-2-11(19)10-15(13)20)6-9-24(18(17)25)12-4-7-21-8-5-12/h2-5,7-8,10H,6,9H2,1H3. The minimum Gasteiger partial charge on any atom is -0.307 e. The molecule has 0 atom stereocenters. The number of anilines is 1. The molecule has 0 unspecified atom stereocenters. The number of aryl methyl sites for hydroxylation is 1. The fourth-order valence-corrected chi connectivity index (χ4v) is 3.19. The van der Waals surface area contributed by atoms with E-state index in [4.69, 9.17) is 0 Å². The number of pyridine rings is 1. The molecule has 0 spiro atoms. The molecule has 126 valence electrons. The first-order valence-electron chi connectivity index (χ1n) is 7.79. The van der Waals surface area contributed by atoms with Gasteiger partial charge in [-0.25, -0.2) is 8.78 Å². The second-order valence-electron chi connectivity index (χ2n) is 5.84. The Morgan fingerprint density at radius 3 is 2.60 bits per heavy atom. The highest BCUT2D eigenvalue weighted by molar-refractivity contribution is 6.08. The zero-order chi connectivity index (χ0) is 17.6. The summed E-state index contributed by atoms with van der Waals surface area (Å²) in [6, 6.07) is 6.89. The molecule has 25 heavy (non-hydrogen) atoms. The highest BCUT2D eigenvalue weighted by Gasteiger charge is 2.32. The van der Waals surface area contributed by atoms with Crippen molar-refractivity contribution in [1.29, 1.82) is 0 Å². The second-order valence-corrected chi connectivity index (χ2v) is 5.84. The summed E-state index contributed by atoms with van der Waals surface area (Å²) in [7, 11) is 1.65. The molecule has 2 aromatic heterocycles. The summed E-state index contributed by atoms with van der Waals surface area (Å²) in [5, 5.41) is 4.33. The van der Waals surface area contributed by atoms with Gasteiger partial charge in [-0.15, -0.1) is 0 Å². The Hall–Kier alpha value is -3.09. The van der Waals surface area contributed by atoms with Crippen molar-refractivity contribution >= 4 is 11.6 Å². The third kappa shape index (κ3) is 2.48. The Kier molecular flexibility index (Phi) is 3.56. The normalized spacial score (nSPS) is 13.9. The van der Waals surface area contributed by atoms with Crippen molar-refractivity contribution in [2.75, 3.05) is 11.4 Å². The van der Waals surface area contributed by atoms with Crippen molar-refractivity contribution in [2.45, 2.75) is 6.42 Å². The van der Waals surface area contributed by atoms with Gasteiger partial charge in [0.2, 0.25) is 0 Å². The molecule has 4 rings (SSSR count). The molecule has 0 aliphatic carbocycles. The van der Waals surface area contributed by atoms with E-state index in [1.807, 2.05) is 0 Å². The van der Waals surface area contributed by atoms with E-state index in [9.17, 15) is 13.6 Å². The van der Waals surface area contributed by atoms with E-state index in [-0.39, 0.29) is 11.5 Å². The van der Waals surface area contributed by atoms with Gasteiger partial charge in [-0.1, -0.05) is 0 Å². The summed E-state index contributed by atoms with van der Waals surface area (Å²) >= 11 is 0. The SMILES string of the molecule is Cn1nc(-c2ccc(F)cc2F)c2c1C(=O)N(c1ccncc1)CC2. The van der Waals surface area contributed by atoms with E-state index >= 15 is 0 Å². The van der Waals surface area contributed by atoms with E-state index in [1.54, 1.807) is 36.5 Å². The quantitative estimate of drug-likeness (QED) is 0.721. The van der Waals surface area contributed by atoms with Crippen LogP contribution in [0.5, 0.6) is 0 Å². The highest BCUT2D eigenvalue weighted by atomic mass is 19.1. The van der Waals surface area contributed by atoms with Crippen LogP contribution >= 0.6 is 0 Å². The number of aromatic nitrogens is 3. The minimum atomic E-state index is -0.690. The Labute approximate surface area is 142 Å². The van der Waals surface area contributed by atoms with Gasteiger partial charge in [0.05, 0.1) is 5.69 Å². The predicted octanol–water partition coefficient (Wildman–Crippen LogP) is 2.96. The van der Waals surface area contributed by atoms with Crippen LogP contribution in [-0.2, 0) is 13.5 Å². The van der Waals surface area contributed by atoms with E-state index in [1.165, 1.54) is 16.8 Å². The molecule has 0 saturated heterocycles. The third-order valence-corrected chi connectivity index (χ3v) is 4.34. The number of hydrogen-bond donors (Lipinski definition) is 0. The van der Waals surface area contributed by atoms with Crippen LogP contribution in [0.4, 0.5) is 14.5 Å². The van der Waals surface area contributed by atoms with Crippen molar-refractivity contribution in [1.82, 2.24) is 14.8 Å². The molecule has 0 N–H and O–H groups in total. The number of carbonyl (C=O) groups is 1. The number of nitrogens with zero attached hydrogens (tertiary/aromatic N) is 4. The molecule has 0 radical (unpaired) electrons. The lowest BCUT2D eigenvalue weighted by atomic mass is 9.98. The molecular weight excluding hydrogens is 326 g/mol. The van der Waals surface area contributed by atoms with Gasteiger partial charge in [0, 0.05) is 48.9 Å². The number of benzene rings is 1. The maximum Gasteiger partial charge on any atom is 0.276 e. The van der Waals surface area contributed by atoms with Gasteiger partial charge in [-0.05, 0) is 30.7 Å². The zero-order valence-corrected chi connectivity index (χ0v) is 13.4. The van der Waals surface area contributed by atoms with Crippen LogP contribution in [0.2, 0.25) is 0 Å². The van der Waals surface area contributed by atoms with E-state index < -0.39 is 11.6 Å². The van der Waals surface area contributed by atoms with Crippen molar-refractivity contribution in [3.63, 3.8) is 0 Å². The summed E-state index contributed by atoms with van der Waals surface area (Å²) in [5.41, 5.74) is 2.44. The Morgan fingerprint density at radius 1 is 1.12 bits per heavy atom. The van der Waals surface area contributed by atoms with Gasteiger partial charge in [0.25, 0.3) is 5.91 Å². The summed E-state index contributed by atoms with van der Waals surface area (Å²) in [6.07, 6.45) is 3.78. The minimum absolute atomic E-state index is 0.198. The number of halogens is 2. The van der Waals surface area contributed by atoms with Gasteiger partial charge < -0.3 is 4.90 Å². The molecule has 1 aliphatic rings. The average Bonchev–Trinajstić information content (AvgIpc) is 2.93. The summed E-state index contributed by atoms with van der Waals surface area (Å²) in [6.45, 7) is 0.456. The van der Waals surface area contributed by atoms with Gasteiger partial charge >= 0.3 is 0 Å². The van der Waals surface area contributed by atoms with Crippen LogP contribution in [0, 0.1) is 11.6 Å². The number of fused-ring (bicyclic) bond motifs is 1. The van der Waals surface area contributed by atoms with Crippen LogP contribution in [0.25, 0.3) is 11.3 Å².